The Balaban J connectivity index is 0.000000568. The van der Waals surface area contributed by atoms with Crippen LogP contribution in [0.15, 0.2) is 42.5 Å². The van der Waals surface area contributed by atoms with E-state index in [9.17, 15) is 0 Å². The van der Waals surface area contributed by atoms with Gasteiger partial charge >= 0.3 is 11.9 Å². The van der Waals surface area contributed by atoms with Gasteiger partial charge in [0, 0.05) is 50.8 Å². The molecule has 2 heterocycles. The molecule has 2 aromatic carbocycles. The second-order valence-corrected chi connectivity index (χ2v) is 9.61. The van der Waals surface area contributed by atoms with Crippen LogP contribution in [0.25, 0.3) is 0 Å². The van der Waals surface area contributed by atoms with Gasteiger partial charge in [0.2, 0.25) is 0 Å². The van der Waals surface area contributed by atoms with Crippen LogP contribution in [-0.4, -0.2) is 96.3 Å². The molecule has 0 unspecified atom stereocenters. The second kappa shape index (κ2) is 14.8. The summed E-state index contributed by atoms with van der Waals surface area (Å²) in [6, 6.07) is 14.0. The summed E-state index contributed by atoms with van der Waals surface area (Å²) in [4.78, 5) is 26.0. The minimum Gasteiger partial charge on any atom is -0.493 e. The van der Waals surface area contributed by atoms with Crippen molar-refractivity contribution in [2.75, 3.05) is 59.5 Å². The monoisotopic (exact) mass is 533 g/mol. The van der Waals surface area contributed by atoms with E-state index in [2.05, 4.69) is 26.8 Å². The van der Waals surface area contributed by atoms with Gasteiger partial charge < -0.3 is 24.6 Å². The number of halogens is 1. The fourth-order valence-electron chi connectivity index (χ4n) is 4.39. The van der Waals surface area contributed by atoms with Crippen molar-refractivity contribution in [2.24, 2.45) is 0 Å². The number of benzene rings is 2. The number of carboxylic acid groups (broad SMARTS) is 2. The lowest BCUT2D eigenvalue weighted by molar-refractivity contribution is -0.159. The number of nitrogens with zero attached hydrogens (tertiary/aromatic N) is 3. The van der Waals surface area contributed by atoms with Gasteiger partial charge in [-0.1, -0.05) is 29.8 Å². The van der Waals surface area contributed by atoms with Gasteiger partial charge in [-0.25, -0.2) is 9.59 Å². The van der Waals surface area contributed by atoms with E-state index in [0.29, 0.717) is 6.61 Å². The SMILES string of the molecule is COc1cc(CN2CCN(CCN3CCCC3)CC2)ccc1OCc1ccc(Cl)cc1.O=C(O)C(=O)O. The first-order chi connectivity index (χ1) is 17.8. The molecule has 0 atom stereocenters. The van der Waals surface area contributed by atoms with Gasteiger partial charge in [-0.05, 0) is 61.3 Å². The summed E-state index contributed by atoms with van der Waals surface area (Å²) in [6.07, 6.45) is 2.75. The number of carbonyl (C=O) groups is 2. The highest BCUT2D eigenvalue weighted by molar-refractivity contribution is 6.30. The van der Waals surface area contributed by atoms with Crippen molar-refractivity contribution < 1.29 is 29.3 Å². The third-order valence-electron chi connectivity index (χ3n) is 6.52. The maximum Gasteiger partial charge on any atom is 0.414 e. The van der Waals surface area contributed by atoms with Crippen LogP contribution in [0.3, 0.4) is 0 Å². The van der Waals surface area contributed by atoms with Crippen LogP contribution < -0.4 is 9.47 Å². The van der Waals surface area contributed by atoms with E-state index in [4.69, 9.17) is 40.9 Å². The van der Waals surface area contributed by atoms with Gasteiger partial charge in [0.1, 0.15) is 6.61 Å². The largest absolute Gasteiger partial charge is 0.493 e. The highest BCUT2D eigenvalue weighted by Gasteiger charge is 2.19. The lowest BCUT2D eigenvalue weighted by Crippen LogP contribution is -2.47. The molecule has 2 aliphatic heterocycles. The average Bonchev–Trinajstić information content (AvgIpc) is 3.42. The molecule has 0 aromatic heterocycles. The fourth-order valence-corrected chi connectivity index (χ4v) is 4.52. The molecule has 9 nitrogen and oxygen atoms in total. The molecule has 0 spiro atoms. The van der Waals surface area contributed by atoms with Gasteiger partial charge in [0.15, 0.2) is 11.5 Å². The fraction of sp³-hybridized carbons (Fsp3) is 0.481. The molecule has 2 fully saturated rings. The number of methoxy groups -OCH3 is 1. The summed E-state index contributed by atoms with van der Waals surface area (Å²) in [5.41, 5.74) is 2.35. The predicted molar refractivity (Wildman–Crippen MR) is 141 cm³/mol. The number of hydrogen-bond donors (Lipinski definition) is 2. The van der Waals surface area contributed by atoms with Gasteiger partial charge in [-0.15, -0.1) is 0 Å². The quantitative estimate of drug-likeness (QED) is 0.470. The smallest absolute Gasteiger partial charge is 0.414 e. The molecule has 0 bridgehead atoms. The summed E-state index contributed by atoms with van der Waals surface area (Å²) in [5, 5.41) is 15.5. The number of hydrogen-bond acceptors (Lipinski definition) is 7. The molecule has 4 rings (SSSR count). The summed E-state index contributed by atoms with van der Waals surface area (Å²) < 4.78 is 11.6. The Bertz CT molecular complexity index is 994. The standard InChI is InChI=1S/C25H34ClN3O2.C2H2O4/c1-30-25-18-22(6-9-24(25)31-20-21-4-7-23(26)8-5-21)19-29-16-14-28(15-17-29)13-12-27-10-2-3-11-27;3-1(4)2(5)6/h4-9,18H,2-3,10-17,19-20H2,1H3;(H,3,4)(H,5,6). The van der Waals surface area contributed by atoms with E-state index < -0.39 is 11.9 Å². The molecule has 2 aliphatic rings. The predicted octanol–water partition coefficient (Wildman–Crippen LogP) is 3.30. The maximum atomic E-state index is 9.10. The lowest BCUT2D eigenvalue weighted by atomic mass is 10.1. The Labute approximate surface area is 223 Å². The van der Waals surface area contributed by atoms with E-state index in [-0.39, 0.29) is 0 Å². The Morgan fingerprint density at radius 1 is 0.784 bits per heavy atom. The average molecular weight is 534 g/mol. The molecule has 2 saturated heterocycles. The Kier molecular flexibility index (Phi) is 11.5. The Morgan fingerprint density at radius 3 is 1.89 bits per heavy atom. The molecule has 10 heteroatoms. The van der Waals surface area contributed by atoms with Gasteiger partial charge in [-0.2, -0.15) is 0 Å². The zero-order valence-corrected chi connectivity index (χ0v) is 22.0. The number of aliphatic carboxylic acids is 2. The first kappa shape index (κ1) is 28.7. The van der Waals surface area contributed by atoms with Crippen molar-refractivity contribution in [3.05, 3.63) is 58.6 Å². The summed E-state index contributed by atoms with van der Waals surface area (Å²) in [5.74, 6) is -2.09. The van der Waals surface area contributed by atoms with Gasteiger partial charge in [-0.3, -0.25) is 9.80 Å². The van der Waals surface area contributed by atoms with Crippen molar-refractivity contribution in [2.45, 2.75) is 26.0 Å². The summed E-state index contributed by atoms with van der Waals surface area (Å²) in [7, 11) is 1.70. The summed E-state index contributed by atoms with van der Waals surface area (Å²) >= 11 is 5.96. The van der Waals surface area contributed by atoms with Crippen LogP contribution in [0.1, 0.15) is 24.0 Å². The van der Waals surface area contributed by atoms with E-state index in [1.807, 2.05) is 30.3 Å². The van der Waals surface area contributed by atoms with Crippen LogP contribution in [-0.2, 0) is 22.7 Å². The zero-order valence-electron chi connectivity index (χ0n) is 21.3. The topological polar surface area (TPSA) is 103 Å². The van der Waals surface area contributed by atoms with Crippen molar-refractivity contribution in [3.63, 3.8) is 0 Å². The molecule has 202 valence electrons. The molecule has 37 heavy (non-hydrogen) atoms. The van der Waals surface area contributed by atoms with Crippen molar-refractivity contribution in [3.8, 4) is 11.5 Å². The van der Waals surface area contributed by atoms with Gasteiger partial charge in [0.05, 0.1) is 7.11 Å². The van der Waals surface area contributed by atoms with E-state index in [0.717, 1.165) is 54.8 Å². The molecular formula is C27H36ClN3O6. The van der Waals surface area contributed by atoms with Crippen molar-refractivity contribution in [1.29, 1.82) is 0 Å². The van der Waals surface area contributed by atoms with Crippen molar-refractivity contribution >= 4 is 23.5 Å². The van der Waals surface area contributed by atoms with Crippen LogP contribution in [0.2, 0.25) is 5.02 Å². The number of rotatable bonds is 9. The lowest BCUT2D eigenvalue weighted by Gasteiger charge is -2.35. The molecule has 0 saturated carbocycles. The molecule has 2 N–H and O–H groups in total. The minimum absolute atomic E-state index is 0.492. The van der Waals surface area contributed by atoms with Crippen LogP contribution >= 0.6 is 11.6 Å². The maximum absolute atomic E-state index is 9.10. The molecule has 0 amide bonds. The van der Waals surface area contributed by atoms with Crippen LogP contribution in [0.4, 0.5) is 0 Å². The highest BCUT2D eigenvalue weighted by atomic mass is 35.5. The van der Waals surface area contributed by atoms with Crippen LogP contribution in [0, 0.1) is 0 Å². The minimum atomic E-state index is -1.82. The third-order valence-corrected chi connectivity index (χ3v) is 6.77. The molecule has 0 radical (unpaired) electrons. The number of carboxylic acids is 2. The molecule has 2 aromatic rings. The number of likely N-dealkylation sites (tertiary alicyclic amines) is 1. The first-order valence-corrected chi connectivity index (χ1v) is 12.9. The third kappa shape index (κ3) is 9.85. The Hall–Kier alpha value is -2.85. The van der Waals surface area contributed by atoms with E-state index in [1.54, 1.807) is 7.11 Å². The van der Waals surface area contributed by atoms with Crippen molar-refractivity contribution in [1.82, 2.24) is 14.7 Å². The zero-order chi connectivity index (χ0) is 26.6. The Morgan fingerprint density at radius 2 is 1.32 bits per heavy atom. The highest BCUT2D eigenvalue weighted by Crippen LogP contribution is 2.29. The molecule has 0 aliphatic carbocycles. The van der Waals surface area contributed by atoms with Gasteiger partial charge in [0.25, 0.3) is 0 Å². The normalized spacial score (nSPS) is 16.6. The number of piperazine rings is 1. The van der Waals surface area contributed by atoms with E-state index >= 15 is 0 Å². The second-order valence-electron chi connectivity index (χ2n) is 9.18. The number of ether oxygens (including phenoxy) is 2. The van der Waals surface area contributed by atoms with E-state index in [1.165, 1.54) is 44.6 Å². The molecular weight excluding hydrogens is 498 g/mol. The van der Waals surface area contributed by atoms with Crippen LogP contribution in [0.5, 0.6) is 11.5 Å². The summed E-state index contributed by atoms with van der Waals surface area (Å²) in [6.45, 7) is 11.0. The first-order valence-electron chi connectivity index (χ1n) is 12.5.